The van der Waals surface area contributed by atoms with Crippen molar-refractivity contribution in [1.29, 1.82) is 0 Å². The second kappa shape index (κ2) is 4.47. The molecule has 0 amide bonds. The van der Waals surface area contributed by atoms with Gasteiger partial charge in [0.1, 0.15) is 0 Å². The van der Waals surface area contributed by atoms with Crippen molar-refractivity contribution in [2.45, 2.75) is 6.92 Å². The smallest absolute Gasteiger partial charge is 0.0449 e. The molecule has 2 heterocycles. The summed E-state index contributed by atoms with van der Waals surface area (Å²) in [4.78, 5) is 4.07. The van der Waals surface area contributed by atoms with Crippen LogP contribution in [0.25, 0.3) is 20.2 Å². The lowest BCUT2D eigenvalue weighted by Crippen LogP contribution is -1.67. The first kappa shape index (κ1) is 10.8. The highest BCUT2D eigenvalue weighted by Gasteiger charge is 2.05. The molecule has 0 unspecified atom stereocenters. The highest BCUT2D eigenvalue weighted by atomic mass is 32.1. The molecule has 84 valence electrons. The first-order valence-corrected chi connectivity index (χ1v) is 7.23. The third-order valence-electron chi connectivity index (χ3n) is 2.64. The third-order valence-corrected chi connectivity index (χ3v) is 5.02. The highest BCUT2D eigenvalue weighted by Crippen LogP contribution is 2.36. The minimum absolute atomic E-state index is 1.30. The Hall–Kier alpha value is -1.38. The van der Waals surface area contributed by atoms with Gasteiger partial charge in [0, 0.05) is 14.6 Å². The second-order valence-corrected chi connectivity index (χ2v) is 6.01. The predicted octanol–water partition coefficient (Wildman–Crippen LogP) is 5.45. The van der Waals surface area contributed by atoms with E-state index in [1.165, 1.54) is 25.8 Å². The van der Waals surface area contributed by atoms with Crippen LogP contribution in [0.1, 0.15) is 5.56 Å². The molecule has 3 aromatic rings. The molecule has 17 heavy (non-hydrogen) atoms. The van der Waals surface area contributed by atoms with Crippen molar-refractivity contribution < 1.29 is 0 Å². The van der Waals surface area contributed by atoms with E-state index in [0.717, 1.165) is 0 Å². The van der Waals surface area contributed by atoms with Gasteiger partial charge in [0.05, 0.1) is 0 Å². The van der Waals surface area contributed by atoms with Crippen LogP contribution in [0.2, 0.25) is 0 Å². The summed E-state index contributed by atoms with van der Waals surface area (Å²) in [5.41, 5.74) is 2.65. The summed E-state index contributed by atoms with van der Waals surface area (Å²) in [6.45, 7) is 2.14. The topological polar surface area (TPSA) is 0 Å². The monoisotopic (exact) mass is 256 g/mol. The van der Waals surface area contributed by atoms with Gasteiger partial charge >= 0.3 is 0 Å². The summed E-state index contributed by atoms with van der Waals surface area (Å²) in [5, 5.41) is 2.21. The summed E-state index contributed by atoms with van der Waals surface area (Å²) >= 11 is 3.68. The maximum atomic E-state index is 2.26. The van der Waals surface area contributed by atoms with E-state index in [-0.39, 0.29) is 0 Å². The van der Waals surface area contributed by atoms with Gasteiger partial charge in [-0.3, -0.25) is 0 Å². The van der Waals surface area contributed by atoms with Gasteiger partial charge in [-0.1, -0.05) is 30.3 Å². The van der Waals surface area contributed by atoms with Gasteiger partial charge in [-0.05, 0) is 41.6 Å². The average molecular weight is 256 g/mol. The summed E-state index contributed by atoms with van der Waals surface area (Å²) in [7, 11) is 0. The SMILES string of the molecule is Cc1csc(-c2ccc(-c3ccccc3)s2)c1. The van der Waals surface area contributed by atoms with E-state index in [0.29, 0.717) is 0 Å². The lowest BCUT2D eigenvalue weighted by Gasteiger charge is -1.94. The van der Waals surface area contributed by atoms with Gasteiger partial charge in [0.2, 0.25) is 0 Å². The lowest BCUT2D eigenvalue weighted by atomic mass is 10.2. The summed E-state index contributed by atoms with van der Waals surface area (Å²) < 4.78 is 0. The molecule has 0 aliphatic carbocycles. The molecule has 0 radical (unpaired) electrons. The van der Waals surface area contributed by atoms with Crippen LogP contribution in [0.3, 0.4) is 0 Å². The Bertz CT molecular complexity index is 617. The quantitative estimate of drug-likeness (QED) is 0.571. The van der Waals surface area contributed by atoms with Crippen LogP contribution >= 0.6 is 22.7 Å². The van der Waals surface area contributed by atoms with Crippen molar-refractivity contribution in [1.82, 2.24) is 0 Å². The molecule has 0 spiro atoms. The van der Waals surface area contributed by atoms with Crippen LogP contribution < -0.4 is 0 Å². The van der Waals surface area contributed by atoms with Crippen molar-refractivity contribution in [3.63, 3.8) is 0 Å². The molecule has 0 saturated heterocycles. The molecule has 0 aliphatic rings. The van der Waals surface area contributed by atoms with Crippen LogP contribution in [0.4, 0.5) is 0 Å². The van der Waals surface area contributed by atoms with Crippen LogP contribution in [0, 0.1) is 6.92 Å². The van der Waals surface area contributed by atoms with Gasteiger partial charge in [0.15, 0.2) is 0 Å². The number of thiophene rings is 2. The number of aryl methyl sites for hydroxylation is 1. The fourth-order valence-electron chi connectivity index (χ4n) is 1.79. The Morgan fingerprint density at radius 1 is 0.824 bits per heavy atom. The fraction of sp³-hybridized carbons (Fsp3) is 0.0667. The molecule has 0 N–H and O–H groups in total. The van der Waals surface area contributed by atoms with Gasteiger partial charge in [-0.2, -0.15) is 0 Å². The number of benzene rings is 1. The van der Waals surface area contributed by atoms with Crippen LogP contribution in [0.5, 0.6) is 0 Å². The van der Waals surface area contributed by atoms with Gasteiger partial charge in [0.25, 0.3) is 0 Å². The Morgan fingerprint density at radius 3 is 2.29 bits per heavy atom. The largest absolute Gasteiger partial charge is 0.143 e. The molecule has 0 aliphatic heterocycles. The van der Waals surface area contributed by atoms with Crippen molar-refractivity contribution in [2.24, 2.45) is 0 Å². The average Bonchev–Trinajstić information content (AvgIpc) is 2.98. The molecule has 0 nitrogen and oxygen atoms in total. The van der Waals surface area contributed by atoms with E-state index in [4.69, 9.17) is 0 Å². The molecule has 0 fully saturated rings. The molecule has 2 heteroatoms. The second-order valence-electron chi connectivity index (χ2n) is 4.02. The van der Waals surface area contributed by atoms with E-state index >= 15 is 0 Å². The minimum atomic E-state index is 1.30. The summed E-state index contributed by atoms with van der Waals surface area (Å²) in [6, 6.07) is 17.2. The molecule has 0 bridgehead atoms. The Morgan fingerprint density at radius 2 is 1.59 bits per heavy atom. The van der Waals surface area contributed by atoms with Gasteiger partial charge in [-0.15, -0.1) is 22.7 Å². The van der Waals surface area contributed by atoms with E-state index in [1.807, 2.05) is 22.7 Å². The van der Waals surface area contributed by atoms with Gasteiger partial charge in [-0.25, -0.2) is 0 Å². The highest BCUT2D eigenvalue weighted by molar-refractivity contribution is 7.23. The van der Waals surface area contributed by atoms with E-state index in [1.54, 1.807) is 0 Å². The number of rotatable bonds is 2. The normalized spacial score (nSPS) is 10.6. The maximum absolute atomic E-state index is 2.26. The van der Waals surface area contributed by atoms with Crippen molar-refractivity contribution in [2.75, 3.05) is 0 Å². The molecular formula is C15H12S2. The van der Waals surface area contributed by atoms with E-state index < -0.39 is 0 Å². The summed E-state index contributed by atoms with van der Waals surface area (Å²) in [5.74, 6) is 0. The van der Waals surface area contributed by atoms with Crippen LogP contribution in [-0.2, 0) is 0 Å². The zero-order chi connectivity index (χ0) is 11.7. The fourth-order valence-corrected chi connectivity index (χ4v) is 3.80. The number of hydrogen-bond donors (Lipinski definition) is 0. The summed E-state index contributed by atoms with van der Waals surface area (Å²) in [6.07, 6.45) is 0. The molecule has 0 atom stereocenters. The first-order valence-electron chi connectivity index (χ1n) is 5.54. The number of hydrogen-bond acceptors (Lipinski definition) is 2. The Kier molecular flexibility index (Phi) is 2.83. The Labute approximate surface area is 109 Å². The maximum Gasteiger partial charge on any atom is 0.0449 e. The van der Waals surface area contributed by atoms with Crippen molar-refractivity contribution in [3.05, 3.63) is 59.5 Å². The molecule has 0 saturated carbocycles. The van der Waals surface area contributed by atoms with Crippen molar-refractivity contribution in [3.8, 4) is 20.2 Å². The molecule has 1 aromatic carbocycles. The van der Waals surface area contributed by atoms with Gasteiger partial charge < -0.3 is 0 Å². The predicted molar refractivity (Wildman–Crippen MR) is 77.8 cm³/mol. The molecular weight excluding hydrogens is 244 g/mol. The Balaban J connectivity index is 1.99. The van der Waals surface area contributed by atoms with Crippen LogP contribution in [0.15, 0.2) is 53.9 Å². The lowest BCUT2D eigenvalue weighted by molar-refractivity contribution is 1.56. The third kappa shape index (κ3) is 2.19. The van der Waals surface area contributed by atoms with E-state index in [2.05, 4.69) is 60.8 Å². The molecule has 3 rings (SSSR count). The van der Waals surface area contributed by atoms with E-state index in [9.17, 15) is 0 Å². The first-order chi connectivity index (χ1) is 8.33. The minimum Gasteiger partial charge on any atom is -0.143 e. The zero-order valence-electron chi connectivity index (χ0n) is 9.51. The zero-order valence-corrected chi connectivity index (χ0v) is 11.1. The standard InChI is InChI=1S/C15H12S2/c1-11-9-15(16-10-11)14-8-7-13(17-14)12-5-3-2-4-6-12/h2-10H,1H3. The van der Waals surface area contributed by atoms with Crippen molar-refractivity contribution >= 4 is 22.7 Å². The van der Waals surface area contributed by atoms with Crippen LogP contribution in [-0.4, -0.2) is 0 Å². The molecule has 2 aromatic heterocycles.